The van der Waals surface area contributed by atoms with Gasteiger partial charge in [0.05, 0.1) is 6.54 Å². The van der Waals surface area contributed by atoms with Gasteiger partial charge in [-0.1, -0.05) is 12.8 Å². The number of carbonyl (C=O) groups excluding carboxylic acids is 2. The second-order valence-electron chi connectivity index (χ2n) is 9.42. The van der Waals surface area contributed by atoms with E-state index < -0.39 is 0 Å². The quantitative estimate of drug-likeness (QED) is 0.551. The molecule has 7 nitrogen and oxygen atoms in total. The molecule has 0 bridgehead atoms. The Hall–Kier alpha value is -1.89. The Kier molecular flexibility index (Phi) is 7.08. The molecule has 1 N–H and O–H groups in total. The van der Waals surface area contributed by atoms with Crippen molar-refractivity contribution < 1.29 is 9.59 Å². The summed E-state index contributed by atoms with van der Waals surface area (Å²) in [5.41, 5.74) is 0.132. The van der Waals surface area contributed by atoms with Crippen molar-refractivity contribution in [2.75, 3.05) is 45.8 Å². The molecule has 0 unspecified atom stereocenters. The zero-order chi connectivity index (χ0) is 20.8. The molecule has 0 aromatic rings. The lowest BCUT2D eigenvalue weighted by Gasteiger charge is -2.26. The average Bonchev–Trinajstić information content (AvgIpc) is 3.03. The Morgan fingerprint density at radius 2 is 1.77 bits per heavy atom. The van der Waals surface area contributed by atoms with Crippen LogP contribution in [0.1, 0.15) is 64.2 Å². The summed E-state index contributed by atoms with van der Waals surface area (Å²) in [6.45, 7) is 6.56. The number of nitrogens with zero attached hydrogens (tertiary/aromatic N) is 4. The molecule has 0 aromatic heterocycles. The van der Waals surface area contributed by atoms with E-state index in [9.17, 15) is 9.59 Å². The van der Waals surface area contributed by atoms with E-state index >= 15 is 0 Å². The maximum atomic E-state index is 12.8. The second kappa shape index (κ2) is 9.94. The highest BCUT2D eigenvalue weighted by Gasteiger charge is 2.41. The third-order valence-electron chi connectivity index (χ3n) is 7.33. The predicted molar refractivity (Wildman–Crippen MR) is 118 cm³/mol. The number of imide groups is 1. The molecular formula is C23H37N5O2. The summed E-state index contributed by atoms with van der Waals surface area (Å²) in [5, 5.41) is 3.26. The van der Waals surface area contributed by atoms with Crippen molar-refractivity contribution in [1.82, 2.24) is 20.0 Å². The van der Waals surface area contributed by atoms with Gasteiger partial charge in [-0.2, -0.15) is 0 Å². The van der Waals surface area contributed by atoms with Crippen LogP contribution >= 0.6 is 0 Å². The van der Waals surface area contributed by atoms with Crippen molar-refractivity contribution in [3.8, 4) is 0 Å². The second-order valence-corrected chi connectivity index (χ2v) is 9.42. The number of rotatable bonds is 5. The summed E-state index contributed by atoms with van der Waals surface area (Å²) in [6, 6.07) is 0. The monoisotopic (exact) mass is 415 g/mol. The lowest BCUT2D eigenvalue weighted by molar-refractivity contribution is -0.144. The molecule has 4 aliphatic rings. The molecule has 3 fully saturated rings. The highest BCUT2D eigenvalue weighted by atomic mass is 16.2. The van der Waals surface area contributed by atoms with Crippen LogP contribution in [0.4, 0.5) is 0 Å². The Labute approximate surface area is 180 Å². The molecule has 2 saturated heterocycles. The number of carbonyl (C=O) groups is 2. The van der Waals surface area contributed by atoms with Crippen molar-refractivity contribution >= 4 is 17.8 Å². The summed E-state index contributed by atoms with van der Waals surface area (Å²) in [7, 11) is 0. The first-order valence-electron chi connectivity index (χ1n) is 11.9. The van der Waals surface area contributed by atoms with E-state index in [0.717, 1.165) is 83.8 Å². The SMILES string of the molecule is O=C1CCC2(CCCC2)CC(=O)N1CCCCN1CCCN(C2=NCC=CN2)CC1. The molecule has 2 amide bonds. The fourth-order valence-corrected chi connectivity index (χ4v) is 5.53. The number of hydrogen-bond acceptors (Lipinski definition) is 6. The number of aliphatic imine (C=N–C) groups is 1. The van der Waals surface area contributed by atoms with Gasteiger partial charge in [0.2, 0.25) is 11.8 Å². The van der Waals surface area contributed by atoms with Gasteiger partial charge in [0.1, 0.15) is 0 Å². The lowest BCUT2D eigenvalue weighted by Crippen LogP contribution is -2.42. The highest BCUT2D eigenvalue weighted by Crippen LogP contribution is 2.46. The van der Waals surface area contributed by atoms with Gasteiger partial charge in [-0.3, -0.25) is 14.5 Å². The number of guanidine groups is 1. The molecule has 0 atom stereocenters. The molecule has 7 heteroatoms. The first-order valence-corrected chi connectivity index (χ1v) is 11.9. The molecule has 3 aliphatic heterocycles. The van der Waals surface area contributed by atoms with Gasteiger partial charge in [0.15, 0.2) is 5.96 Å². The smallest absolute Gasteiger partial charge is 0.229 e. The van der Waals surface area contributed by atoms with Crippen molar-refractivity contribution in [1.29, 1.82) is 0 Å². The Morgan fingerprint density at radius 3 is 2.57 bits per heavy atom. The normalized spacial score (nSPS) is 25.3. The molecule has 30 heavy (non-hydrogen) atoms. The minimum atomic E-state index is 0.0593. The number of unbranched alkanes of at least 4 members (excludes halogenated alkanes) is 1. The van der Waals surface area contributed by atoms with E-state index in [0.29, 0.717) is 19.4 Å². The maximum absolute atomic E-state index is 12.8. The Morgan fingerprint density at radius 1 is 0.933 bits per heavy atom. The fourth-order valence-electron chi connectivity index (χ4n) is 5.53. The van der Waals surface area contributed by atoms with Crippen molar-refractivity contribution in [3.05, 3.63) is 12.3 Å². The van der Waals surface area contributed by atoms with Crippen LogP contribution in [0.15, 0.2) is 17.3 Å². The molecule has 3 heterocycles. The fraction of sp³-hybridized carbons (Fsp3) is 0.783. The summed E-state index contributed by atoms with van der Waals surface area (Å²) < 4.78 is 0. The molecule has 166 valence electrons. The molecule has 4 rings (SSSR count). The van der Waals surface area contributed by atoms with Gasteiger partial charge < -0.3 is 15.1 Å². The zero-order valence-corrected chi connectivity index (χ0v) is 18.3. The lowest BCUT2D eigenvalue weighted by atomic mass is 9.79. The van der Waals surface area contributed by atoms with Crippen LogP contribution in [-0.4, -0.2) is 78.3 Å². The highest BCUT2D eigenvalue weighted by molar-refractivity contribution is 5.96. The minimum Gasteiger partial charge on any atom is -0.341 e. The van der Waals surface area contributed by atoms with Gasteiger partial charge in [-0.15, -0.1) is 0 Å². The number of likely N-dealkylation sites (tertiary alicyclic amines) is 1. The number of hydrogen-bond donors (Lipinski definition) is 1. The number of nitrogens with one attached hydrogen (secondary N) is 1. The largest absolute Gasteiger partial charge is 0.341 e. The van der Waals surface area contributed by atoms with Crippen molar-refractivity contribution in [3.63, 3.8) is 0 Å². The molecule has 1 aliphatic carbocycles. The summed E-state index contributed by atoms with van der Waals surface area (Å²) in [4.78, 5) is 36.3. The summed E-state index contributed by atoms with van der Waals surface area (Å²) in [6.07, 6.45) is 13.8. The topological polar surface area (TPSA) is 68.2 Å². The van der Waals surface area contributed by atoms with Gasteiger partial charge >= 0.3 is 0 Å². The van der Waals surface area contributed by atoms with E-state index in [1.807, 2.05) is 12.3 Å². The van der Waals surface area contributed by atoms with Crippen LogP contribution in [0.25, 0.3) is 0 Å². The summed E-state index contributed by atoms with van der Waals surface area (Å²) in [5.74, 6) is 1.14. The van der Waals surface area contributed by atoms with Crippen molar-refractivity contribution in [2.45, 2.75) is 64.2 Å². The maximum Gasteiger partial charge on any atom is 0.229 e. The molecule has 0 radical (unpaired) electrons. The van der Waals surface area contributed by atoms with Crippen LogP contribution < -0.4 is 5.32 Å². The van der Waals surface area contributed by atoms with E-state index in [2.05, 4.69) is 20.1 Å². The van der Waals surface area contributed by atoms with Crippen molar-refractivity contribution in [2.24, 2.45) is 10.4 Å². The third-order valence-corrected chi connectivity index (χ3v) is 7.33. The van der Waals surface area contributed by atoms with Crippen LogP contribution in [0.3, 0.4) is 0 Å². The summed E-state index contributed by atoms with van der Waals surface area (Å²) >= 11 is 0. The van der Waals surface area contributed by atoms with Gasteiger partial charge in [-0.25, -0.2) is 4.99 Å². The predicted octanol–water partition coefficient (Wildman–Crippen LogP) is 2.35. The molecule has 0 aromatic carbocycles. The van der Waals surface area contributed by atoms with E-state index in [1.54, 1.807) is 4.90 Å². The van der Waals surface area contributed by atoms with Gasteiger partial charge in [0.25, 0.3) is 0 Å². The first kappa shape index (κ1) is 21.3. The van der Waals surface area contributed by atoms with Crippen LogP contribution in [0.2, 0.25) is 0 Å². The first-order chi connectivity index (χ1) is 14.7. The zero-order valence-electron chi connectivity index (χ0n) is 18.3. The Bertz CT molecular complexity index is 683. The standard InChI is InChI=1S/C23H37N5O2/c29-20-7-10-23(8-1-2-9-23)19-21(30)28(20)16-4-3-13-26-14-6-15-27(18-17-26)22-24-11-5-12-25-22/h5,11H,1-4,6-10,12-19H2,(H,24,25). The van der Waals surface area contributed by atoms with Crippen LogP contribution in [-0.2, 0) is 9.59 Å². The van der Waals surface area contributed by atoms with E-state index in [1.165, 1.54) is 12.8 Å². The van der Waals surface area contributed by atoms with E-state index in [4.69, 9.17) is 0 Å². The molecular weight excluding hydrogens is 378 g/mol. The van der Waals surface area contributed by atoms with Gasteiger partial charge in [0, 0.05) is 45.2 Å². The van der Waals surface area contributed by atoms with Gasteiger partial charge in [-0.05, 0) is 63.1 Å². The minimum absolute atomic E-state index is 0.0593. The molecule has 1 spiro atoms. The number of amides is 2. The average molecular weight is 416 g/mol. The van der Waals surface area contributed by atoms with Crippen LogP contribution in [0.5, 0.6) is 0 Å². The van der Waals surface area contributed by atoms with Crippen LogP contribution in [0, 0.1) is 5.41 Å². The molecule has 1 saturated carbocycles. The van der Waals surface area contributed by atoms with E-state index in [-0.39, 0.29) is 17.2 Å². The Balaban J connectivity index is 1.19. The third kappa shape index (κ3) is 5.23.